The molecule has 6 nitrogen and oxygen atoms in total. The summed E-state index contributed by atoms with van der Waals surface area (Å²) >= 11 is 1.33. The SMILES string of the molecule is O=C(Oc1cscn1)N(Cc1cccc(OC(F)(F)F)c1)CC12CC1CN(CC1CCCCC1)C2. The topological polar surface area (TPSA) is 54.9 Å². The van der Waals surface area contributed by atoms with Gasteiger partial charge in [-0.05, 0) is 48.8 Å². The lowest BCUT2D eigenvalue weighted by Gasteiger charge is -2.30. The van der Waals surface area contributed by atoms with Crippen molar-refractivity contribution in [3.8, 4) is 11.6 Å². The van der Waals surface area contributed by atoms with E-state index in [4.69, 9.17) is 4.74 Å². The van der Waals surface area contributed by atoms with Crippen molar-refractivity contribution in [3.05, 3.63) is 40.7 Å². The number of aromatic nitrogens is 1. The van der Waals surface area contributed by atoms with Gasteiger partial charge in [-0.15, -0.1) is 24.5 Å². The van der Waals surface area contributed by atoms with Crippen LogP contribution in [0.2, 0.25) is 0 Å². The molecule has 0 spiro atoms. The summed E-state index contributed by atoms with van der Waals surface area (Å²) in [5, 5.41) is 1.65. The number of alkyl halides is 3. The maximum Gasteiger partial charge on any atom is 0.573 e. The highest BCUT2D eigenvalue weighted by molar-refractivity contribution is 7.07. The summed E-state index contributed by atoms with van der Waals surface area (Å²) in [6, 6.07) is 5.77. The Hall–Kier alpha value is -2.33. The molecule has 1 aromatic heterocycles. The van der Waals surface area contributed by atoms with Crippen molar-refractivity contribution in [2.75, 3.05) is 26.2 Å². The fourth-order valence-corrected chi connectivity index (χ4v) is 6.31. The lowest BCUT2D eigenvalue weighted by molar-refractivity contribution is -0.274. The predicted molar refractivity (Wildman–Crippen MR) is 125 cm³/mol. The number of thiazole rings is 1. The Kier molecular flexibility index (Phi) is 6.94. The van der Waals surface area contributed by atoms with Crippen LogP contribution in [0.1, 0.15) is 44.1 Å². The Labute approximate surface area is 207 Å². The molecular weight excluding hydrogens is 479 g/mol. The van der Waals surface area contributed by atoms with Crippen LogP contribution in [-0.2, 0) is 6.54 Å². The van der Waals surface area contributed by atoms with Gasteiger partial charge in [0.2, 0.25) is 5.88 Å². The molecule has 0 bridgehead atoms. The molecule has 2 saturated carbocycles. The van der Waals surface area contributed by atoms with Crippen LogP contribution in [0.3, 0.4) is 0 Å². The van der Waals surface area contributed by atoms with Crippen LogP contribution in [0.15, 0.2) is 35.2 Å². The Morgan fingerprint density at radius 3 is 2.83 bits per heavy atom. The molecule has 2 unspecified atom stereocenters. The summed E-state index contributed by atoms with van der Waals surface area (Å²) in [6.07, 6.45) is 2.34. The molecule has 1 amide bonds. The van der Waals surface area contributed by atoms with E-state index in [2.05, 4.69) is 14.6 Å². The summed E-state index contributed by atoms with van der Waals surface area (Å²) in [7, 11) is 0. The van der Waals surface area contributed by atoms with Gasteiger partial charge in [0.15, 0.2) is 0 Å². The fourth-order valence-electron chi connectivity index (χ4n) is 5.86. The van der Waals surface area contributed by atoms with Crippen LogP contribution in [0, 0.1) is 17.3 Å². The molecule has 1 saturated heterocycles. The first-order chi connectivity index (χ1) is 16.8. The van der Waals surface area contributed by atoms with E-state index >= 15 is 0 Å². The first-order valence-corrected chi connectivity index (χ1v) is 13.1. The smallest absolute Gasteiger partial charge is 0.406 e. The number of carbonyl (C=O) groups excluding carboxylic acids is 1. The number of rotatable bonds is 8. The van der Waals surface area contributed by atoms with Crippen molar-refractivity contribution >= 4 is 17.4 Å². The van der Waals surface area contributed by atoms with Gasteiger partial charge in [-0.25, -0.2) is 9.78 Å². The molecule has 3 fully saturated rings. The fraction of sp³-hybridized carbons (Fsp3) is 0.600. The maximum atomic E-state index is 13.1. The van der Waals surface area contributed by atoms with Crippen molar-refractivity contribution in [1.82, 2.24) is 14.8 Å². The van der Waals surface area contributed by atoms with Crippen molar-refractivity contribution in [2.45, 2.75) is 51.4 Å². The predicted octanol–water partition coefficient (Wildman–Crippen LogP) is 5.94. The van der Waals surface area contributed by atoms with Crippen LogP contribution in [0.5, 0.6) is 11.6 Å². The number of likely N-dealkylation sites (tertiary alicyclic amines) is 1. The van der Waals surface area contributed by atoms with Gasteiger partial charge in [0.05, 0.1) is 10.9 Å². The first-order valence-electron chi connectivity index (χ1n) is 12.2. The molecule has 2 aliphatic carbocycles. The highest BCUT2D eigenvalue weighted by atomic mass is 32.1. The number of piperidine rings is 1. The van der Waals surface area contributed by atoms with E-state index in [0.717, 1.165) is 32.0 Å². The number of amides is 1. The maximum absolute atomic E-state index is 13.1. The molecule has 10 heteroatoms. The molecule has 3 aliphatic rings. The zero-order valence-electron chi connectivity index (χ0n) is 19.5. The molecular formula is C25H30F3N3O3S. The number of ether oxygens (including phenoxy) is 2. The average Bonchev–Trinajstić information content (AvgIpc) is 3.11. The van der Waals surface area contributed by atoms with Gasteiger partial charge in [-0.2, -0.15) is 0 Å². The summed E-state index contributed by atoms with van der Waals surface area (Å²) in [5.74, 6) is 1.24. The number of nitrogens with zero attached hydrogens (tertiary/aromatic N) is 3. The van der Waals surface area contributed by atoms with Crippen LogP contribution in [-0.4, -0.2) is 53.4 Å². The number of carbonyl (C=O) groups is 1. The molecule has 2 atom stereocenters. The lowest BCUT2D eigenvalue weighted by Crippen LogP contribution is -2.40. The normalized spacial score (nSPS) is 24.7. The van der Waals surface area contributed by atoms with Gasteiger partial charge in [-0.3, -0.25) is 0 Å². The largest absolute Gasteiger partial charge is 0.573 e. The molecule has 2 aromatic rings. The molecule has 2 heterocycles. The van der Waals surface area contributed by atoms with Crippen molar-refractivity contribution < 1.29 is 27.4 Å². The lowest BCUT2D eigenvalue weighted by atomic mass is 9.89. The van der Waals surface area contributed by atoms with Crippen LogP contribution in [0.25, 0.3) is 0 Å². The monoisotopic (exact) mass is 509 g/mol. The highest BCUT2D eigenvalue weighted by Gasteiger charge is 2.60. The average molecular weight is 510 g/mol. The van der Waals surface area contributed by atoms with Crippen LogP contribution < -0.4 is 9.47 Å². The minimum absolute atomic E-state index is 0.0237. The number of hydrogen-bond donors (Lipinski definition) is 0. The van der Waals surface area contributed by atoms with E-state index in [1.807, 2.05) is 0 Å². The van der Waals surface area contributed by atoms with E-state index in [1.54, 1.807) is 21.9 Å². The second-order valence-electron chi connectivity index (χ2n) is 10.2. The number of halogens is 3. The molecule has 190 valence electrons. The second kappa shape index (κ2) is 9.97. The third-order valence-electron chi connectivity index (χ3n) is 7.49. The van der Waals surface area contributed by atoms with E-state index in [9.17, 15) is 18.0 Å². The molecule has 1 aromatic carbocycles. The van der Waals surface area contributed by atoms with E-state index < -0.39 is 12.5 Å². The summed E-state index contributed by atoms with van der Waals surface area (Å²) in [5.41, 5.74) is 2.16. The van der Waals surface area contributed by atoms with Crippen LogP contribution in [0.4, 0.5) is 18.0 Å². The zero-order valence-corrected chi connectivity index (χ0v) is 20.3. The third kappa shape index (κ3) is 6.27. The third-order valence-corrected chi connectivity index (χ3v) is 8.05. The van der Waals surface area contributed by atoms with E-state index in [0.29, 0.717) is 18.0 Å². The molecule has 0 N–H and O–H groups in total. The number of hydrogen-bond acceptors (Lipinski definition) is 6. The van der Waals surface area contributed by atoms with E-state index in [-0.39, 0.29) is 23.6 Å². The van der Waals surface area contributed by atoms with Crippen molar-refractivity contribution in [1.29, 1.82) is 0 Å². The second-order valence-corrected chi connectivity index (χ2v) is 10.9. The standard InChI is InChI=1S/C25H30F3N3O3S/c26-25(27,28)34-21-8-4-7-19(9-21)12-31(23(32)33-22-14-35-17-29-22)16-24-10-20(24)13-30(15-24)11-18-5-2-1-3-6-18/h4,7-9,14,17-18,20H,1-3,5-6,10-13,15-16H2. The first kappa shape index (κ1) is 24.4. The molecule has 35 heavy (non-hydrogen) atoms. The van der Waals surface area contributed by atoms with Crippen molar-refractivity contribution in [3.63, 3.8) is 0 Å². The number of benzene rings is 1. The quantitative estimate of drug-likeness (QED) is 0.441. The van der Waals surface area contributed by atoms with Gasteiger partial charge in [0, 0.05) is 38.1 Å². The summed E-state index contributed by atoms with van der Waals surface area (Å²) < 4.78 is 47.6. The Morgan fingerprint density at radius 1 is 1.26 bits per heavy atom. The minimum Gasteiger partial charge on any atom is -0.406 e. The van der Waals surface area contributed by atoms with Crippen LogP contribution >= 0.6 is 11.3 Å². The van der Waals surface area contributed by atoms with Crippen molar-refractivity contribution in [2.24, 2.45) is 17.3 Å². The van der Waals surface area contributed by atoms with E-state index in [1.165, 1.54) is 61.6 Å². The van der Waals surface area contributed by atoms with Gasteiger partial charge < -0.3 is 19.3 Å². The summed E-state index contributed by atoms with van der Waals surface area (Å²) in [6.45, 7) is 3.77. The Bertz CT molecular complexity index is 1010. The zero-order chi connectivity index (χ0) is 24.5. The highest BCUT2D eigenvalue weighted by Crippen LogP contribution is 2.58. The van der Waals surface area contributed by atoms with Gasteiger partial charge in [-0.1, -0.05) is 31.4 Å². The van der Waals surface area contributed by atoms with Gasteiger partial charge in [0.25, 0.3) is 0 Å². The van der Waals surface area contributed by atoms with Gasteiger partial charge >= 0.3 is 12.5 Å². The van der Waals surface area contributed by atoms with Gasteiger partial charge in [0.1, 0.15) is 5.75 Å². The minimum atomic E-state index is -4.77. The molecule has 5 rings (SSSR count). The molecule has 0 radical (unpaired) electrons. The Morgan fingerprint density at radius 2 is 2.09 bits per heavy atom. The molecule has 1 aliphatic heterocycles. The Balaban J connectivity index is 1.27. The number of fused-ring (bicyclic) bond motifs is 1. The summed E-state index contributed by atoms with van der Waals surface area (Å²) in [4.78, 5) is 21.3.